The maximum atomic E-state index is 13.2. The Morgan fingerprint density at radius 1 is 1.39 bits per heavy atom. The number of anilines is 1. The van der Waals surface area contributed by atoms with Gasteiger partial charge in [-0.3, -0.25) is 14.9 Å². The number of carboxylic acids is 1. The zero-order chi connectivity index (χ0) is 13.7. The first kappa shape index (κ1) is 14.0. The summed E-state index contributed by atoms with van der Waals surface area (Å²) in [4.78, 5) is 21.8. The second kappa shape index (κ2) is 6.06. The molecular formula is C11H12F2N2O3. The van der Waals surface area contributed by atoms with Gasteiger partial charge in [0.2, 0.25) is 5.91 Å². The van der Waals surface area contributed by atoms with Crippen molar-refractivity contribution in [3.63, 3.8) is 0 Å². The minimum atomic E-state index is -1.11. The maximum Gasteiger partial charge on any atom is 0.320 e. The molecule has 1 rings (SSSR count). The van der Waals surface area contributed by atoms with E-state index in [0.29, 0.717) is 0 Å². The molecule has 0 aliphatic heterocycles. The molecule has 0 saturated carbocycles. The van der Waals surface area contributed by atoms with E-state index in [1.54, 1.807) is 0 Å². The predicted molar refractivity (Wildman–Crippen MR) is 60.1 cm³/mol. The molecule has 1 amide bonds. The van der Waals surface area contributed by atoms with Crippen molar-refractivity contribution in [2.45, 2.75) is 13.0 Å². The van der Waals surface area contributed by atoms with E-state index in [1.165, 1.54) is 6.92 Å². The molecule has 0 aromatic heterocycles. The van der Waals surface area contributed by atoms with Gasteiger partial charge in [-0.25, -0.2) is 8.78 Å². The zero-order valence-corrected chi connectivity index (χ0v) is 9.54. The van der Waals surface area contributed by atoms with Gasteiger partial charge in [-0.2, -0.15) is 0 Å². The Balaban J connectivity index is 2.54. The molecule has 1 aromatic rings. The van der Waals surface area contributed by atoms with Crippen molar-refractivity contribution >= 4 is 17.6 Å². The van der Waals surface area contributed by atoms with Gasteiger partial charge in [-0.1, -0.05) is 0 Å². The van der Waals surface area contributed by atoms with Crippen molar-refractivity contribution in [1.29, 1.82) is 0 Å². The number of nitrogens with one attached hydrogen (secondary N) is 2. The van der Waals surface area contributed by atoms with Crippen molar-refractivity contribution < 1.29 is 23.5 Å². The van der Waals surface area contributed by atoms with E-state index in [1.807, 2.05) is 0 Å². The molecule has 0 saturated heterocycles. The monoisotopic (exact) mass is 258 g/mol. The van der Waals surface area contributed by atoms with Crippen LogP contribution in [-0.2, 0) is 9.59 Å². The third-order valence-corrected chi connectivity index (χ3v) is 2.14. The fourth-order valence-corrected chi connectivity index (χ4v) is 1.12. The number of hydrogen-bond acceptors (Lipinski definition) is 3. The Morgan fingerprint density at radius 2 is 2.06 bits per heavy atom. The van der Waals surface area contributed by atoms with Crippen molar-refractivity contribution in [1.82, 2.24) is 5.32 Å². The Hall–Kier alpha value is -2.02. The van der Waals surface area contributed by atoms with Gasteiger partial charge in [0.05, 0.1) is 12.2 Å². The van der Waals surface area contributed by atoms with Crippen LogP contribution in [0, 0.1) is 11.6 Å². The highest BCUT2D eigenvalue weighted by atomic mass is 19.1. The van der Waals surface area contributed by atoms with E-state index in [0.717, 1.165) is 18.2 Å². The van der Waals surface area contributed by atoms with Gasteiger partial charge in [0.25, 0.3) is 0 Å². The molecule has 0 aliphatic carbocycles. The molecule has 0 unspecified atom stereocenters. The van der Waals surface area contributed by atoms with E-state index < -0.39 is 29.6 Å². The number of carboxylic acid groups (broad SMARTS) is 1. The molecule has 0 bridgehead atoms. The Morgan fingerprint density at radius 3 is 2.67 bits per heavy atom. The fourth-order valence-electron chi connectivity index (χ4n) is 1.12. The van der Waals surface area contributed by atoms with Crippen LogP contribution in [0.5, 0.6) is 0 Å². The minimum Gasteiger partial charge on any atom is -0.480 e. The summed E-state index contributed by atoms with van der Waals surface area (Å²) in [7, 11) is 0. The standard InChI is InChI=1S/C11H12F2N2O3/c1-6(11(17)18)14-5-10(16)15-9-4-7(12)2-3-8(9)13/h2-4,6,14H,5H2,1H3,(H,15,16)(H,17,18)/t6-/m0/s1. The summed E-state index contributed by atoms with van der Waals surface area (Å²) in [5, 5.41) is 13.1. The van der Waals surface area contributed by atoms with Gasteiger partial charge in [-0.15, -0.1) is 0 Å². The van der Waals surface area contributed by atoms with Crippen LogP contribution in [0.2, 0.25) is 0 Å². The van der Waals surface area contributed by atoms with Crippen LogP contribution >= 0.6 is 0 Å². The van der Waals surface area contributed by atoms with Crippen LogP contribution in [0.4, 0.5) is 14.5 Å². The van der Waals surface area contributed by atoms with Crippen LogP contribution < -0.4 is 10.6 Å². The summed E-state index contributed by atoms with van der Waals surface area (Å²) in [6, 6.07) is 1.75. The lowest BCUT2D eigenvalue weighted by Gasteiger charge is -2.10. The molecule has 3 N–H and O–H groups in total. The van der Waals surface area contributed by atoms with E-state index >= 15 is 0 Å². The lowest BCUT2D eigenvalue weighted by Crippen LogP contribution is -2.39. The van der Waals surface area contributed by atoms with Crippen molar-refractivity contribution in [3.05, 3.63) is 29.8 Å². The molecule has 98 valence electrons. The van der Waals surface area contributed by atoms with Gasteiger partial charge in [0.15, 0.2) is 0 Å². The van der Waals surface area contributed by atoms with Crippen LogP contribution in [0.15, 0.2) is 18.2 Å². The van der Waals surface area contributed by atoms with E-state index in [2.05, 4.69) is 10.6 Å². The summed E-state index contributed by atoms with van der Waals surface area (Å²) in [5.74, 6) is -3.22. The van der Waals surface area contributed by atoms with Gasteiger partial charge in [0, 0.05) is 6.07 Å². The predicted octanol–water partition coefficient (Wildman–Crippen LogP) is 0.966. The average Bonchev–Trinajstić information content (AvgIpc) is 2.30. The third kappa shape index (κ3) is 4.10. The van der Waals surface area contributed by atoms with Crippen molar-refractivity contribution in [2.75, 3.05) is 11.9 Å². The van der Waals surface area contributed by atoms with Crippen LogP contribution in [0.1, 0.15) is 6.92 Å². The van der Waals surface area contributed by atoms with Gasteiger partial charge >= 0.3 is 5.97 Å². The second-order valence-electron chi connectivity index (χ2n) is 3.61. The van der Waals surface area contributed by atoms with Gasteiger partial charge in [-0.05, 0) is 19.1 Å². The fraction of sp³-hybridized carbons (Fsp3) is 0.273. The summed E-state index contributed by atoms with van der Waals surface area (Å²) >= 11 is 0. The summed E-state index contributed by atoms with van der Waals surface area (Å²) in [6.45, 7) is 1.04. The van der Waals surface area contributed by atoms with Crippen molar-refractivity contribution in [3.8, 4) is 0 Å². The first-order valence-corrected chi connectivity index (χ1v) is 5.11. The van der Waals surface area contributed by atoms with E-state index in [9.17, 15) is 18.4 Å². The smallest absolute Gasteiger partial charge is 0.320 e. The summed E-state index contributed by atoms with van der Waals surface area (Å²) in [6.07, 6.45) is 0. The number of hydrogen-bond donors (Lipinski definition) is 3. The summed E-state index contributed by atoms with van der Waals surface area (Å²) < 4.78 is 26.0. The Kier molecular flexibility index (Phi) is 4.73. The Bertz CT molecular complexity index is 466. The third-order valence-electron chi connectivity index (χ3n) is 2.14. The molecule has 0 fully saturated rings. The highest BCUT2D eigenvalue weighted by Crippen LogP contribution is 2.14. The zero-order valence-electron chi connectivity index (χ0n) is 9.54. The first-order valence-electron chi connectivity index (χ1n) is 5.11. The number of amides is 1. The second-order valence-corrected chi connectivity index (χ2v) is 3.61. The molecule has 0 spiro atoms. The van der Waals surface area contributed by atoms with Crippen molar-refractivity contribution in [2.24, 2.45) is 0 Å². The molecule has 0 aliphatic rings. The molecule has 1 aromatic carbocycles. The number of carbonyl (C=O) groups is 2. The maximum absolute atomic E-state index is 13.2. The number of benzene rings is 1. The molecule has 1 atom stereocenters. The topological polar surface area (TPSA) is 78.4 Å². The number of aliphatic carboxylic acids is 1. The molecule has 0 heterocycles. The highest BCUT2D eigenvalue weighted by Gasteiger charge is 2.13. The largest absolute Gasteiger partial charge is 0.480 e. The SMILES string of the molecule is C[C@H](NCC(=O)Nc1cc(F)ccc1F)C(=O)O. The first-order chi connectivity index (χ1) is 8.40. The van der Waals surface area contributed by atoms with Crippen LogP contribution in [0.3, 0.4) is 0 Å². The highest BCUT2D eigenvalue weighted by molar-refractivity contribution is 5.92. The van der Waals surface area contributed by atoms with Gasteiger partial charge in [0.1, 0.15) is 17.7 Å². The van der Waals surface area contributed by atoms with Crippen LogP contribution in [0.25, 0.3) is 0 Å². The molecule has 5 nitrogen and oxygen atoms in total. The normalized spacial score (nSPS) is 11.9. The quantitative estimate of drug-likeness (QED) is 0.735. The average molecular weight is 258 g/mol. The number of carbonyl (C=O) groups excluding carboxylic acids is 1. The molecular weight excluding hydrogens is 246 g/mol. The number of halogens is 2. The van der Waals surface area contributed by atoms with Gasteiger partial charge < -0.3 is 10.4 Å². The lowest BCUT2D eigenvalue weighted by molar-refractivity contribution is -0.139. The molecule has 0 radical (unpaired) electrons. The van der Waals surface area contributed by atoms with E-state index in [-0.39, 0.29) is 12.2 Å². The number of rotatable bonds is 5. The molecule has 18 heavy (non-hydrogen) atoms. The van der Waals surface area contributed by atoms with E-state index in [4.69, 9.17) is 5.11 Å². The minimum absolute atomic E-state index is 0.287. The lowest BCUT2D eigenvalue weighted by atomic mass is 10.3. The molecule has 7 heteroatoms. The Labute approximate surface area is 102 Å². The van der Waals surface area contributed by atoms with Crippen LogP contribution in [-0.4, -0.2) is 29.6 Å². The summed E-state index contributed by atoms with van der Waals surface area (Å²) in [5.41, 5.74) is -0.287.